The Kier molecular flexibility index (Phi) is 15.9. The predicted octanol–water partition coefficient (Wildman–Crippen LogP) is 3.57. The van der Waals surface area contributed by atoms with Gasteiger partial charge >= 0.3 is 0 Å². The third-order valence-corrected chi connectivity index (χ3v) is 5.33. The van der Waals surface area contributed by atoms with Crippen LogP contribution in [0.3, 0.4) is 0 Å². The Balaban J connectivity index is 0. The van der Waals surface area contributed by atoms with E-state index in [0.717, 1.165) is 5.56 Å². The fraction of sp³-hybridized carbons (Fsp3) is 0.500. The summed E-state index contributed by atoms with van der Waals surface area (Å²) in [6, 6.07) is 8.29. The zero-order chi connectivity index (χ0) is 23.7. The SMILES string of the molecule is CCC(=O)CC#N.CCC(=O)CC(C)=O.CCC(=O)CS(=O)(=O)c1ccc(C)cc1. The van der Waals surface area contributed by atoms with Crippen LogP contribution in [0.4, 0.5) is 0 Å². The third-order valence-electron chi connectivity index (χ3n) is 3.64. The molecule has 0 fully saturated rings. The van der Waals surface area contributed by atoms with Crippen LogP contribution in [-0.2, 0) is 29.0 Å². The van der Waals surface area contributed by atoms with Gasteiger partial charge in [0.15, 0.2) is 9.84 Å². The predicted molar refractivity (Wildman–Crippen MR) is 115 cm³/mol. The van der Waals surface area contributed by atoms with Gasteiger partial charge in [0, 0.05) is 19.3 Å². The Hall–Kier alpha value is -2.66. The molecule has 0 aliphatic carbocycles. The van der Waals surface area contributed by atoms with Crippen molar-refractivity contribution in [1.29, 1.82) is 5.26 Å². The summed E-state index contributed by atoms with van der Waals surface area (Å²) in [6.07, 6.45) is 1.38. The van der Waals surface area contributed by atoms with Crippen molar-refractivity contribution in [3.05, 3.63) is 29.8 Å². The normalized spacial score (nSPS) is 9.73. The van der Waals surface area contributed by atoms with Crippen molar-refractivity contribution < 1.29 is 27.6 Å². The molecule has 0 radical (unpaired) electrons. The average molecular weight is 438 g/mol. The number of sulfone groups is 1. The monoisotopic (exact) mass is 437 g/mol. The molecule has 0 heterocycles. The van der Waals surface area contributed by atoms with Crippen molar-refractivity contribution in [1.82, 2.24) is 0 Å². The molecule has 8 heteroatoms. The van der Waals surface area contributed by atoms with Gasteiger partial charge in [-0.2, -0.15) is 5.26 Å². The summed E-state index contributed by atoms with van der Waals surface area (Å²) in [5.41, 5.74) is 0.996. The topological polar surface area (TPSA) is 126 Å². The summed E-state index contributed by atoms with van der Waals surface area (Å²) in [4.78, 5) is 42.1. The van der Waals surface area contributed by atoms with E-state index in [4.69, 9.17) is 5.26 Å². The van der Waals surface area contributed by atoms with Crippen LogP contribution in [0, 0.1) is 18.3 Å². The molecular weight excluding hydrogens is 406 g/mol. The lowest BCUT2D eigenvalue weighted by Gasteiger charge is -2.02. The van der Waals surface area contributed by atoms with Gasteiger partial charge in [0.25, 0.3) is 0 Å². The summed E-state index contributed by atoms with van der Waals surface area (Å²) in [7, 11) is -3.44. The molecule has 7 nitrogen and oxygen atoms in total. The van der Waals surface area contributed by atoms with Crippen LogP contribution in [0.1, 0.15) is 65.4 Å². The lowest BCUT2D eigenvalue weighted by molar-refractivity contribution is -0.125. The van der Waals surface area contributed by atoms with E-state index in [1.54, 1.807) is 39.0 Å². The quantitative estimate of drug-likeness (QED) is 0.540. The van der Waals surface area contributed by atoms with Crippen molar-refractivity contribution in [2.75, 3.05) is 5.75 Å². The van der Waals surface area contributed by atoms with Gasteiger partial charge in [-0.25, -0.2) is 8.42 Å². The highest BCUT2D eigenvalue weighted by Gasteiger charge is 2.17. The maximum atomic E-state index is 11.7. The molecule has 1 rings (SSSR count). The van der Waals surface area contributed by atoms with Gasteiger partial charge in [0.1, 0.15) is 28.9 Å². The molecule has 0 aromatic heterocycles. The highest BCUT2D eigenvalue weighted by atomic mass is 32.2. The standard InChI is InChI=1S/C11H14O3S.C6H10O2.C5H7NO/c1-3-10(12)8-15(13,14)11-6-4-9(2)5-7-11;1-3-6(8)4-5(2)7;1-2-5(7)3-4-6/h4-7H,3,8H2,1-2H3;3-4H2,1-2H3;2-3H2,1H3. The Labute approximate surface area is 179 Å². The van der Waals surface area contributed by atoms with Gasteiger partial charge in [-0.15, -0.1) is 0 Å². The first-order chi connectivity index (χ1) is 13.9. The Bertz CT molecular complexity index is 849. The minimum absolute atomic E-state index is 0.0162. The number of benzene rings is 1. The van der Waals surface area contributed by atoms with Crippen molar-refractivity contribution in [2.24, 2.45) is 0 Å². The minimum atomic E-state index is -3.44. The summed E-state index contributed by atoms with van der Waals surface area (Å²) in [5, 5.41) is 7.90. The van der Waals surface area contributed by atoms with E-state index < -0.39 is 15.6 Å². The molecule has 0 aliphatic heterocycles. The van der Waals surface area contributed by atoms with E-state index in [9.17, 15) is 27.6 Å². The second kappa shape index (κ2) is 16.2. The molecule has 166 valence electrons. The number of rotatable bonds is 9. The summed E-state index contributed by atoms with van der Waals surface area (Å²) in [6.45, 7) is 8.47. The van der Waals surface area contributed by atoms with Crippen LogP contribution in [0.25, 0.3) is 0 Å². The molecule has 0 unspecified atom stereocenters. The smallest absolute Gasteiger partial charge is 0.185 e. The lowest BCUT2D eigenvalue weighted by atomic mass is 10.2. The molecule has 0 aliphatic rings. The largest absolute Gasteiger partial charge is 0.300 e. The first-order valence-electron chi connectivity index (χ1n) is 9.64. The lowest BCUT2D eigenvalue weighted by Crippen LogP contribution is -2.15. The number of hydrogen-bond acceptors (Lipinski definition) is 7. The number of nitrogens with zero attached hydrogens (tertiary/aromatic N) is 1. The number of carbonyl (C=O) groups is 4. The van der Waals surface area contributed by atoms with Crippen LogP contribution >= 0.6 is 0 Å². The van der Waals surface area contributed by atoms with Crippen molar-refractivity contribution in [3.8, 4) is 6.07 Å². The van der Waals surface area contributed by atoms with Crippen LogP contribution < -0.4 is 0 Å². The van der Waals surface area contributed by atoms with Gasteiger partial charge in [-0.1, -0.05) is 38.5 Å². The number of Topliss-reactive ketones (excluding diaryl/α,β-unsaturated/α-hetero) is 4. The third kappa shape index (κ3) is 15.3. The second-order valence-corrected chi connectivity index (χ2v) is 8.45. The zero-order valence-electron chi connectivity index (χ0n) is 18.4. The molecule has 0 saturated heterocycles. The van der Waals surface area contributed by atoms with E-state index in [1.165, 1.54) is 19.1 Å². The van der Waals surface area contributed by atoms with Crippen LogP contribution in [0.5, 0.6) is 0 Å². The minimum Gasteiger partial charge on any atom is -0.300 e. The molecule has 0 amide bonds. The number of nitriles is 1. The molecule has 0 saturated carbocycles. The van der Waals surface area contributed by atoms with Crippen molar-refractivity contribution >= 4 is 33.0 Å². The molecule has 0 bridgehead atoms. The molecule has 1 aromatic rings. The first-order valence-corrected chi connectivity index (χ1v) is 11.3. The Morgan fingerprint density at radius 2 is 1.33 bits per heavy atom. The first kappa shape index (κ1) is 29.5. The summed E-state index contributed by atoms with van der Waals surface area (Å²) >= 11 is 0. The van der Waals surface area contributed by atoms with Crippen molar-refractivity contribution in [3.63, 3.8) is 0 Å². The molecule has 0 spiro atoms. The number of hydrogen-bond donors (Lipinski definition) is 0. The molecule has 30 heavy (non-hydrogen) atoms. The molecule has 1 aromatic carbocycles. The van der Waals surface area contributed by atoms with E-state index >= 15 is 0 Å². The van der Waals surface area contributed by atoms with Crippen LogP contribution in [-0.4, -0.2) is 37.3 Å². The van der Waals surface area contributed by atoms with E-state index in [1.807, 2.05) is 6.92 Å². The number of ketones is 4. The van der Waals surface area contributed by atoms with Crippen molar-refractivity contribution in [2.45, 2.75) is 71.6 Å². The molecule has 0 atom stereocenters. The Morgan fingerprint density at radius 3 is 1.63 bits per heavy atom. The Morgan fingerprint density at radius 1 is 0.867 bits per heavy atom. The van der Waals surface area contributed by atoms with E-state index in [0.29, 0.717) is 12.8 Å². The van der Waals surface area contributed by atoms with Gasteiger partial charge < -0.3 is 0 Å². The highest BCUT2D eigenvalue weighted by Crippen LogP contribution is 2.12. The van der Waals surface area contributed by atoms with Gasteiger partial charge in [-0.3, -0.25) is 19.2 Å². The maximum Gasteiger partial charge on any atom is 0.185 e. The molecular formula is C22H31NO6S. The highest BCUT2D eigenvalue weighted by molar-refractivity contribution is 7.92. The maximum absolute atomic E-state index is 11.7. The second-order valence-electron chi connectivity index (χ2n) is 6.46. The fourth-order valence-electron chi connectivity index (χ4n) is 1.76. The van der Waals surface area contributed by atoms with E-state index in [-0.39, 0.29) is 47.3 Å². The summed E-state index contributed by atoms with van der Waals surface area (Å²) in [5.74, 6) is -0.653. The van der Waals surface area contributed by atoms with Gasteiger partial charge in [0.05, 0.1) is 23.8 Å². The average Bonchev–Trinajstić information content (AvgIpc) is 2.68. The fourth-order valence-corrected chi connectivity index (χ4v) is 3.10. The zero-order valence-corrected chi connectivity index (χ0v) is 19.2. The number of carbonyl (C=O) groups excluding carboxylic acids is 4. The van der Waals surface area contributed by atoms with Gasteiger partial charge in [-0.05, 0) is 26.0 Å². The van der Waals surface area contributed by atoms with Gasteiger partial charge in [0.2, 0.25) is 0 Å². The molecule has 0 N–H and O–H groups in total. The van der Waals surface area contributed by atoms with Crippen LogP contribution in [0.15, 0.2) is 29.2 Å². The summed E-state index contributed by atoms with van der Waals surface area (Å²) < 4.78 is 23.4. The van der Waals surface area contributed by atoms with Crippen LogP contribution in [0.2, 0.25) is 0 Å². The van der Waals surface area contributed by atoms with E-state index in [2.05, 4.69) is 0 Å². The number of aryl methyl sites for hydroxylation is 1.